The number of allylic oxidation sites excluding steroid dienone is 6. The molecular weight excluding hydrogens is 779 g/mol. The summed E-state index contributed by atoms with van der Waals surface area (Å²) in [4.78, 5) is 37.1. The number of carbonyl (C=O) groups is 3. The number of carbonyl (C=O) groups excluding carboxylic acids is 2. The maximum absolute atomic E-state index is 12.8. The Morgan fingerprint density at radius 3 is 1.35 bits per heavy atom. The van der Waals surface area contributed by atoms with Gasteiger partial charge in [0.25, 0.3) is 6.29 Å². The van der Waals surface area contributed by atoms with Crippen molar-refractivity contribution >= 4 is 17.9 Å². The van der Waals surface area contributed by atoms with E-state index in [0.29, 0.717) is 17.4 Å². The van der Waals surface area contributed by atoms with E-state index in [0.717, 1.165) is 70.6 Å². The molecule has 0 saturated carbocycles. The molecule has 0 aliphatic rings. The molecule has 0 spiro atoms. The summed E-state index contributed by atoms with van der Waals surface area (Å²) < 4.78 is 22.7. The van der Waals surface area contributed by atoms with E-state index < -0.39 is 24.3 Å². The number of nitrogens with zero attached hydrogens (tertiary/aromatic N) is 1. The van der Waals surface area contributed by atoms with Crippen LogP contribution in [0, 0.1) is 0 Å². The van der Waals surface area contributed by atoms with Gasteiger partial charge in [-0.3, -0.25) is 9.59 Å². The molecule has 2 atom stereocenters. The Kier molecular flexibility index (Phi) is 43.3. The van der Waals surface area contributed by atoms with Gasteiger partial charge in [0.05, 0.1) is 34.4 Å². The number of likely N-dealkylation sites (N-methyl/N-ethyl adjacent to an activating group) is 1. The Morgan fingerprint density at radius 2 is 0.903 bits per heavy atom. The molecule has 0 aliphatic heterocycles. The van der Waals surface area contributed by atoms with Crippen molar-refractivity contribution in [3.8, 4) is 0 Å². The maximum Gasteiger partial charge on any atom is 0.361 e. The van der Waals surface area contributed by atoms with Gasteiger partial charge in [0.15, 0.2) is 6.10 Å². The SMILES string of the molecule is CCC/C=C\CCCCCCCC(=O)OCC(COC(OCC[N+](C)(C)C)C(=O)O)OC(=O)CCCCCCCCCCCCCCCCC/C=C\C/C=C\CCCCCCC. The standard InChI is InChI=1S/C53H97NO8/c1-6-8-10-12-14-16-18-19-20-21-22-23-24-25-26-27-28-29-30-31-32-33-34-36-38-40-42-44-51(56)62-49(48-61-53(52(57)58)59-46-45-54(3,4)5)47-60-50(55)43-41-39-37-35-17-15-13-11-9-7-2/h11,13,18-19,21-22,49,53H,6-10,12,14-17,20,23-48H2,1-5H3/p+1/b13-11-,19-18-,22-21-. The lowest BCUT2D eigenvalue weighted by Crippen LogP contribution is -2.40. The summed E-state index contributed by atoms with van der Waals surface area (Å²) in [6.45, 7) is 4.80. The molecule has 2 unspecified atom stereocenters. The molecule has 0 rings (SSSR count). The molecule has 0 bridgehead atoms. The van der Waals surface area contributed by atoms with E-state index in [1.54, 1.807) is 0 Å². The summed E-state index contributed by atoms with van der Waals surface area (Å²) in [5.74, 6) is -2.01. The van der Waals surface area contributed by atoms with Crippen LogP contribution in [0.5, 0.6) is 0 Å². The Balaban J connectivity index is 4.16. The zero-order valence-corrected chi connectivity index (χ0v) is 41.0. The van der Waals surface area contributed by atoms with E-state index in [1.165, 1.54) is 128 Å². The Hall–Kier alpha value is -2.49. The molecule has 0 aromatic rings. The second-order valence-corrected chi connectivity index (χ2v) is 18.5. The number of aliphatic carboxylic acids is 1. The van der Waals surface area contributed by atoms with Crippen LogP contribution in [-0.4, -0.2) is 87.4 Å². The number of quaternary nitrogens is 1. The number of unbranched alkanes of at least 4 members (excludes halogenated alkanes) is 26. The number of rotatable bonds is 47. The highest BCUT2D eigenvalue weighted by molar-refractivity contribution is 5.71. The molecule has 1 N–H and O–H groups in total. The van der Waals surface area contributed by atoms with Crippen LogP contribution < -0.4 is 0 Å². The number of ether oxygens (including phenoxy) is 4. The first-order valence-electron chi connectivity index (χ1n) is 25.7. The molecule has 9 heteroatoms. The van der Waals surface area contributed by atoms with Crippen LogP contribution >= 0.6 is 0 Å². The van der Waals surface area contributed by atoms with Gasteiger partial charge in [-0.25, -0.2) is 4.79 Å². The normalized spacial score (nSPS) is 13.1. The number of hydrogen-bond donors (Lipinski definition) is 1. The molecule has 0 saturated heterocycles. The quantitative estimate of drug-likeness (QED) is 0.0212. The Labute approximate surface area is 381 Å². The van der Waals surface area contributed by atoms with Gasteiger partial charge in [0.2, 0.25) is 0 Å². The Morgan fingerprint density at radius 1 is 0.484 bits per heavy atom. The average Bonchev–Trinajstić information content (AvgIpc) is 3.23. The predicted molar refractivity (Wildman–Crippen MR) is 258 cm³/mol. The van der Waals surface area contributed by atoms with Crippen molar-refractivity contribution < 1.29 is 42.9 Å². The first-order chi connectivity index (χ1) is 30.1. The smallest absolute Gasteiger partial charge is 0.361 e. The van der Waals surface area contributed by atoms with Crippen molar-refractivity contribution in [2.45, 2.75) is 238 Å². The fourth-order valence-corrected chi connectivity index (χ4v) is 7.10. The van der Waals surface area contributed by atoms with Crippen molar-refractivity contribution in [3.05, 3.63) is 36.5 Å². The van der Waals surface area contributed by atoms with Crippen molar-refractivity contribution in [1.29, 1.82) is 0 Å². The summed E-state index contributed by atoms with van der Waals surface area (Å²) in [5, 5.41) is 9.64. The Bertz CT molecular complexity index is 1110. The lowest BCUT2D eigenvalue weighted by atomic mass is 10.0. The number of carboxylic acids is 1. The van der Waals surface area contributed by atoms with Gasteiger partial charge in [-0.15, -0.1) is 0 Å². The minimum atomic E-state index is -1.51. The van der Waals surface area contributed by atoms with Gasteiger partial charge < -0.3 is 28.5 Å². The van der Waals surface area contributed by atoms with Crippen LogP contribution in [-0.2, 0) is 33.3 Å². The van der Waals surface area contributed by atoms with E-state index in [-0.39, 0.29) is 32.2 Å². The first-order valence-corrected chi connectivity index (χ1v) is 25.7. The highest BCUT2D eigenvalue weighted by Gasteiger charge is 2.25. The lowest BCUT2D eigenvalue weighted by molar-refractivity contribution is -0.870. The maximum atomic E-state index is 12.8. The molecule has 0 fully saturated rings. The molecular formula is C53H98NO8+. The molecule has 0 aromatic heterocycles. The molecule has 0 heterocycles. The monoisotopic (exact) mass is 877 g/mol. The third-order valence-electron chi connectivity index (χ3n) is 11.1. The van der Waals surface area contributed by atoms with Crippen molar-refractivity contribution in [2.75, 3.05) is 47.5 Å². The minimum Gasteiger partial charge on any atom is -0.477 e. The molecule has 9 nitrogen and oxygen atoms in total. The van der Waals surface area contributed by atoms with E-state index in [9.17, 15) is 19.5 Å². The molecule has 362 valence electrons. The molecule has 0 amide bonds. The van der Waals surface area contributed by atoms with Crippen LogP contribution in [0.25, 0.3) is 0 Å². The summed E-state index contributed by atoms with van der Waals surface area (Å²) >= 11 is 0. The van der Waals surface area contributed by atoms with Crippen molar-refractivity contribution in [3.63, 3.8) is 0 Å². The zero-order valence-electron chi connectivity index (χ0n) is 41.0. The van der Waals surface area contributed by atoms with Gasteiger partial charge in [0, 0.05) is 12.8 Å². The fourth-order valence-electron chi connectivity index (χ4n) is 7.10. The van der Waals surface area contributed by atoms with Crippen LogP contribution in [0.15, 0.2) is 36.5 Å². The molecule has 0 aliphatic carbocycles. The highest BCUT2D eigenvalue weighted by Crippen LogP contribution is 2.16. The summed E-state index contributed by atoms with van der Waals surface area (Å²) in [7, 11) is 5.96. The van der Waals surface area contributed by atoms with Crippen LogP contribution in [0.2, 0.25) is 0 Å². The van der Waals surface area contributed by atoms with Crippen molar-refractivity contribution in [2.24, 2.45) is 0 Å². The predicted octanol–water partition coefficient (Wildman–Crippen LogP) is 14.2. The summed E-state index contributed by atoms with van der Waals surface area (Å²) in [5.41, 5.74) is 0. The molecule has 62 heavy (non-hydrogen) atoms. The second kappa shape index (κ2) is 45.1. The van der Waals surface area contributed by atoms with Gasteiger partial charge in [0.1, 0.15) is 13.2 Å². The van der Waals surface area contributed by atoms with Crippen LogP contribution in [0.4, 0.5) is 0 Å². The van der Waals surface area contributed by atoms with Crippen LogP contribution in [0.3, 0.4) is 0 Å². The van der Waals surface area contributed by atoms with Gasteiger partial charge >= 0.3 is 17.9 Å². The molecule has 0 radical (unpaired) electrons. The van der Waals surface area contributed by atoms with E-state index in [1.807, 2.05) is 21.1 Å². The number of hydrogen-bond acceptors (Lipinski definition) is 7. The fraction of sp³-hybridized carbons (Fsp3) is 0.830. The van der Waals surface area contributed by atoms with Crippen LogP contribution in [0.1, 0.15) is 226 Å². The second-order valence-electron chi connectivity index (χ2n) is 18.5. The third kappa shape index (κ3) is 45.5. The number of carboxylic acid groups (broad SMARTS) is 1. The first kappa shape index (κ1) is 59.5. The number of esters is 2. The third-order valence-corrected chi connectivity index (χ3v) is 11.1. The summed E-state index contributed by atoms with van der Waals surface area (Å²) in [6, 6.07) is 0. The molecule has 0 aromatic carbocycles. The van der Waals surface area contributed by atoms with E-state index >= 15 is 0 Å². The van der Waals surface area contributed by atoms with E-state index in [4.69, 9.17) is 18.9 Å². The van der Waals surface area contributed by atoms with Crippen molar-refractivity contribution in [1.82, 2.24) is 0 Å². The lowest BCUT2D eigenvalue weighted by Gasteiger charge is -2.25. The summed E-state index contributed by atoms with van der Waals surface area (Å²) in [6.07, 6.45) is 49.4. The highest BCUT2D eigenvalue weighted by atomic mass is 16.7. The topological polar surface area (TPSA) is 108 Å². The zero-order chi connectivity index (χ0) is 45.6. The largest absolute Gasteiger partial charge is 0.477 e. The van der Waals surface area contributed by atoms with Gasteiger partial charge in [-0.1, -0.05) is 185 Å². The van der Waals surface area contributed by atoms with E-state index in [2.05, 4.69) is 50.3 Å². The minimum absolute atomic E-state index is 0.185. The van der Waals surface area contributed by atoms with Gasteiger partial charge in [-0.2, -0.15) is 0 Å². The average molecular weight is 877 g/mol. The van der Waals surface area contributed by atoms with Gasteiger partial charge in [-0.05, 0) is 64.2 Å².